The van der Waals surface area contributed by atoms with Crippen molar-refractivity contribution in [2.75, 3.05) is 13.7 Å². The van der Waals surface area contributed by atoms with Crippen molar-refractivity contribution in [1.29, 1.82) is 0 Å². The van der Waals surface area contributed by atoms with Gasteiger partial charge in [-0.1, -0.05) is 6.07 Å². The van der Waals surface area contributed by atoms with Crippen molar-refractivity contribution in [3.8, 4) is 0 Å². The molecule has 2 atom stereocenters. The highest BCUT2D eigenvalue weighted by molar-refractivity contribution is 5.73. The van der Waals surface area contributed by atoms with Gasteiger partial charge < -0.3 is 10.1 Å². The van der Waals surface area contributed by atoms with Crippen LogP contribution in [0.25, 0.3) is 0 Å². The van der Waals surface area contributed by atoms with Crippen LogP contribution in [-0.2, 0) is 9.53 Å². The zero-order valence-electron chi connectivity index (χ0n) is 8.64. The van der Waals surface area contributed by atoms with Crippen molar-refractivity contribution in [3.63, 3.8) is 0 Å². The zero-order chi connectivity index (χ0) is 10.7. The zero-order valence-corrected chi connectivity index (χ0v) is 8.64. The molecule has 0 bridgehead atoms. The number of hydrogen-bond donors (Lipinski definition) is 1. The highest BCUT2D eigenvalue weighted by Gasteiger charge is 2.35. The summed E-state index contributed by atoms with van der Waals surface area (Å²) in [4.78, 5) is 15.8. The molecular weight excluding hydrogens is 192 g/mol. The quantitative estimate of drug-likeness (QED) is 0.731. The molecule has 80 valence electrons. The minimum atomic E-state index is -0.157. The molecule has 4 nitrogen and oxygen atoms in total. The number of carbonyl (C=O) groups is 1. The van der Waals surface area contributed by atoms with Gasteiger partial charge in [0.05, 0.1) is 24.8 Å². The molecular formula is C11H14N2O2. The number of aromatic nitrogens is 1. The maximum atomic E-state index is 11.5. The van der Waals surface area contributed by atoms with Gasteiger partial charge in [-0.2, -0.15) is 0 Å². The van der Waals surface area contributed by atoms with Crippen molar-refractivity contribution in [3.05, 3.63) is 30.1 Å². The van der Waals surface area contributed by atoms with Gasteiger partial charge in [-0.15, -0.1) is 0 Å². The van der Waals surface area contributed by atoms with Gasteiger partial charge in [-0.3, -0.25) is 9.78 Å². The largest absolute Gasteiger partial charge is 0.469 e. The van der Waals surface area contributed by atoms with Gasteiger partial charge in [-0.25, -0.2) is 0 Å². The number of methoxy groups -OCH3 is 1. The van der Waals surface area contributed by atoms with E-state index >= 15 is 0 Å². The van der Waals surface area contributed by atoms with Crippen molar-refractivity contribution >= 4 is 5.97 Å². The molecule has 0 radical (unpaired) electrons. The molecule has 0 saturated carbocycles. The summed E-state index contributed by atoms with van der Waals surface area (Å²) in [5, 5.41) is 3.27. The Balaban J connectivity index is 2.18. The first-order chi connectivity index (χ1) is 7.33. The third-order valence-corrected chi connectivity index (χ3v) is 2.73. The van der Waals surface area contributed by atoms with E-state index in [1.807, 2.05) is 18.2 Å². The molecule has 1 aliphatic rings. The second-order valence-corrected chi connectivity index (χ2v) is 3.60. The highest BCUT2D eigenvalue weighted by Crippen LogP contribution is 2.28. The van der Waals surface area contributed by atoms with E-state index in [1.54, 1.807) is 6.20 Å². The third kappa shape index (κ3) is 1.99. The lowest BCUT2D eigenvalue weighted by atomic mass is 9.98. The fourth-order valence-corrected chi connectivity index (χ4v) is 1.98. The molecule has 1 aliphatic heterocycles. The van der Waals surface area contributed by atoms with Crippen LogP contribution in [0.4, 0.5) is 0 Å². The monoisotopic (exact) mass is 206 g/mol. The number of esters is 1. The molecule has 1 N–H and O–H groups in total. The molecule has 1 saturated heterocycles. The second-order valence-electron chi connectivity index (χ2n) is 3.60. The van der Waals surface area contributed by atoms with Crippen LogP contribution in [0, 0.1) is 5.92 Å². The van der Waals surface area contributed by atoms with Crippen LogP contribution in [0.3, 0.4) is 0 Å². The van der Waals surface area contributed by atoms with Gasteiger partial charge in [0.25, 0.3) is 0 Å². The van der Waals surface area contributed by atoms with E-state index in [-0.39, 0.29) is 17.9 Å². The number of nitrogens with zero attached hydrogens (tertiary/aromatic N) is 1. The van der Waals surface area contributed by atoms with Crippen LogP contribution >= 0.6 is 0 Å². The highest BCUT2D eigenvalue weighted by atomic mass is 16.5. The van der Waals surface area contributed by atoms with Crippen LogP contribution in [0.15, 0.2) is 24.4 Å². The summed E-state index contributed by atoms with van der Waals surface area (Å²) in [6, 6.07) is 5.72. The maximum absolute atomic E-state index is 11.5. The Bertz CT molecular complexity index is 340. The van der Waals surface area contributed by atoms with Crippen molar-refractivity contribution in [2.45, 2.75) is 12.5 Å². The van der Waals surface area contributed by atoms with Crippen LogP contribution in [0.5, 0.6) is 0 Å². The summed E-state index contributed by atoms with van der Waals surface area (Å²) in [6.07, 6.45) is 2.55. The number of carbonyl (C=O) groups excluding carboxylic acids is 1. The first-order valence-electron chi connectivity index (χ1n) is 5.05. The van der Waals surface area contributed by atoms with Gasteiger partial charge in [0.2, 0.25) is 0 Å². The van der Waals surface area contributed by atoms with Crippen molar-refractivity contribution < 1.29 is 9.53 Å². The summed E-state index contributed by atoms with van der Waals surface area (Å²) in [7, 11) is 1.43. The van der Waals surface area contributed by atoms with Crippen LogP contribution < -0.4 is 5.32 Å². The van der Waals surface area contributed by atoms with E-state index in [9.17, 15) is 4.79 Å². The lowest BCUT2D eigenvalue weighted by molar-refractivity contribution is -0.145. The van der Waals surface area contributed by atoms with E-state index in [1.165, 1.54) is 7.11 Å². The SMILES string of the molecule is COC(=O)[C@H]1CCN[C@H]1c1ccccn1. The molecule has 0 aromatic carbocycles. The minimum Gasteiger partial charge on any atom is -0.469 e. The standard InChI is InChI=1S/C11H14N2O2/c1-15-11(14)8-5-7-13-10(8)9-4-2-3-6-12-9/h2-4,6,8,10,13H,5,7H2,1H3/t8-,10+/m0/s1. The molecule has 2 rings (SSSR count). The summed E-state index contributed by atoms with van der Waals surface area (Å²) in [5.74, 6) is -0.263. The maximum Gasteiger partial charge on any atom is 0.310 e. The molecule has 0 unspecified atom stereocenters. The summed E-state index contributed by atoms with van der Waals surface area (Å²) in [6.45, 7) is 0.834. The average Bonchev–Trinajstić information content (AvgIpc) is 2.78. The van der Waals surface area contributed by atoms with Gasteiger partial charge in [-0.05, 0) is 25.1 Å². The van der Waals surface area contributed by atoms with Crippen LogP contribution in [0.2, 0.25) is 0 Å². The van der Waals surface area contributed by atoms with Gasteiger partial charge in [0.15, 0.2) is 0 Å². The van der Waals surface area contributed by atoms with E-state index in [2.05, 4.69) is 10.3 Å². The third-order valence-electron chi connectivity index (χ3n) is 2.73. The molecule has 0 spiro atoms. The van der Waals surface area contributed by atoms with E-state index in [4.69, 9.17) is 4.74 Å². The van der Waals surface area contributed by atoms with Crippen LogP contribution in [-0.4, -0.2) is 24.6 Å². The molecule has 15 heavy (non-hydrogen) atoms. The Kier molecular flexibility index (Phi) is 2.97. The molecule has 4 heteroatoms. The van der Waals surface area contributed by atoms with Gasteiger partial charge >= 0.3 is 5.97 Å². The molecule has 2 heterocycles. The van der Waals surface area contributed by atoms with E-state index < -0.39 is 0 Å². The lowest BCUT2D eigenvalue weighted by Crippen LogP contribution is -2.25. The minimum absolute atomic E-state index is 0.00125. The average molecular weight is 206 g/mol. The second kappa shape index (κ2) is 4.40. The molecule has 1 aromatic heterocycles. The van der Waals surface area contributed by atoms with Crippen molar-refractivity contribution in [2.24, 2.45) is 5.92 Å². The Labute approximate surface area is 88.7 Å². The number of pyridine rings is 1. The van der Waals surface area contributed by atoms with Crippen LogP contribution in [0.1, 0.15) is 18.2 Å². The molecule has 0 aliphatic carbocycles. The number of rotatable bonds is 2. The Hall–Kier alpha value is -1.42. The topological polar surface area (TPSA) is 51.2 Å². The van der Waals surface area contributed by atoms with Gasteiger partial charge in [0, 0.05) is 6.20 Å². The number of hydrogen-bond acceptors (Lipinski definition) is 4. The first kappa shape index (κ1) is 10.1. The predicted octanol–water partition coefficient (Wildman–Crippen LogP) is 0.905. The van der Waals surface area contributed by atoms with E-state index in [0.29, 0.717) is 0 Å². The molecule has 1 aromatic rings. The fourth-order valence-electron chi connectivity index (χ4n) is 1.98. The summed E-state index contributed by atoms with van der Waals surface area (Å²) in [5.41, 5.74) is 0.908. The Morgan fingerprint density at radius 1 is 1.60 bits per heavy atom. The fraction of sp³-hybridized carbons (Fsp3) is 0.455. The summed E-state index contributed by atoms with van der Waals surface area (Å²) < 4.78 is 4.78. The Morgan fingerprint density at radius 3 is 3.13 bits per heavy atom. The number of ether oxygens (including phenoxy) is 1. The number of nitrogens with one attached hydrogen (secondary N) is 1. The molecule has 1 fully saturated rings. The molecule has 0 amide bonds. The smallest absolute Gasteiger partial charge is 0.310 e. The van der Waals surface area contributed by atoms with Crippen molar-refractivity contribution in [1.82, 2.24) is 10.3 Å². The Morgan fingerprint density at radius 2 is 2.47 bits per heavy atom. The van der Waals surface area contributed by atoms with Gasteiger partial charge in [0.1, 0.15) is 0 Å². The normalized spacial score (nSPS) is 25.1. The lowest BCUT2D eigenvalue weighted by Gasteiger charge is -2.16. The van der Waals surface area contributed by atoms with E-state index in [0.717, 1.165) is 18.7 Å². The first-order valence-corrected chi connectivity index (χ1v) is 5.05. The predicted molar refractivity (Wildman–Crippen MR) is 55.1 cm³/mol. The summed E-state index contributed by atoms with van der Waals surface area (Å²) >= 11 is 0.